The molecule has 0 unspecified atom stereocenters. The van der Waals surface area contributed by atoms with Crippen LogP contribution in [0.25, 0.3) is 0 Å². The molecule has 0 spiro atoms. The van der Waals surface area contributed by atoms with Gasteiger partial charge in [0.25, 0.3) is 0 Å². The normalized spacial score (nSPS) is 10.3. The van der Waals surface area contributed by atoms with Crippen LogP contribution in [0.2, 0.25) is 10.0 Å². The lowest BCUT2D eigenvalue weighted by atomic mass is 10.1. The summed E-state index contributed by atoms with van der Waals surface area (Å²) in [6.45, 7) is 0. The van der Waals surface area contributed by atoms with Gasteiger partial charge in [-0.15, -0.1) is 11.3 Å². The zero-order valence-corrected chi connectivity index (χ0v) is 11.2. The highest BCUT2D eigenvalue weighted by atomic mass is 35.5. The highest BCUT2D eigenvalue weighted by Crippen LogP contribution is 2.30. The van der Waals surface area contributed by atoms with Crippen LogP contribution in [0.5, 0.6) is 5.75 Å². The third-order valence-corrected chi connectivity index (χ3v) is 3.69. The second kappa shape index (κ2) is 5.08. The van der Waals surface area contributed by atoms with E-state index in [4.69, 9.17) is 27.9 Å². The van der Waals surface area contributed by atoms with Gasteiger partial charge in [-0.2, -0.15) is 0 Å². The molecule has 2 nitrogen and oxygen atoms in total. The summed E-state index contributed by atoms with van der Waals surface area (Å²) < 4.78 is 5.11. The number of carbonyl (C=O) groups excluding carboxylic acids is 1. The fraction of sp³-hybridized carbons (Fsp3) is 0.0833. The van der Waals surface area contributed by atoms with Gasteiger partial charge in [-0.3, -0.25) is 4.79 Å². The number of hydrogen-bond acceptors (Lipinski definition) is 3. The molecule has 0 amide bonds. The van der Waals surface area contributed by atoms with Gasteiger partial charge in [0, 0.05) is 10.6 Å². The number of ether oxygens (including phenoxy) is 1. The molecule has 88 valence electrons. The van der Waals surface area contributed by atoms with Crippen LogP contribution < -0.4 is 4.74 Å². The van der Waals surface area contributed by atoms with Crippen molar-refractivity contribution in [1.82, 2.24) is 0 Å². The Morgan fingerprint density at radius 2 is 2.06 bits per heavy atom. The first-order valence-electron chi connectivity index (χ1n) is 4.74. The standard InChI is InChI=1S/C12H8Cl2O2S/c1-16-10-4-5-17-12(10)11(15)8-6-7(13)2-3-9(8)14/h2-6H,1H3. The lowest BCUT2D eigenvalue weighted by Gasteiger charge is -2.04. The quantitative estimate of drug-likeness (QED) is 0.787. The Balaban J connectivity index is 2.47. The fourth-order valence-electron chi connectivity index (χ4n) is 1.42. The van der Waals surface area contributed by atoms with Crippen LogP contribution >= 0.6 is 34.5 Å². The van der Waals surface area contributed by atoms with Crippen molar-refractivity contribution in [2.75, 3.05) is 7.11 Å². The van der Waals surface area contributed by atoms with Gasteiger partial charge in [-0.05, 0) is 29.6 Å². The minimum absolute atomic E-state index is 0.177. The van der Waals surface area contributed by atoms with Gasteiger partial charge in [-0.25, -0.2) is 0 Å². The molecule has 0 bridgehead atoms. The molecule has 0 aliphatic rings. The highest BCUT2D eigenvalue weighted by molar-refractivity contribution is 7.12. The Morgan fingerprint density at radius 1 is 1.29 bits per heavy atom. The molecule has 17 heavy (non-hydrogen) atoms. The molecule has 0 radical (unpaired) electrons. The van der Waals surface area contributed by atoms with E-state index in [2.05, 4.69) is 0 Å². The number of benzene rings is 1. The van der Waals surface area contributed by atoms with E-state index < -0.39 is 0 Å². The van der Waals surface area contributed by atoms with E-state index in [1.54, 1.807) is 29.6 Å². The number of methoxy groups -OCH3 is 1. The molecule has 0 saturated carbocycles. The third kappa shape index (κ3) is 2.46. The Hall–Kier alpha value is -1.03. The van der Waals surface area contributed by atoms with E-state index >= 15 is 0 Å². The minimum atomic E-state index is -0.177. The maximum atomic E-state index is 12.2. The molecule has 1 heterocycles. The van der Waals surface area contributed by atoms with Gasteiger partial charge in [0.05, 0.1) is 12.1 Å². The summed E-state index contributed by atoms with van der Waals surface area (Å²) >= 11 is 13.2. The number of carbonyl (C=O) groups is 1. The van der Waals surface area contributed by atoms with Crippen molar-refractivity contribution >= 4 is 40.3 Å². The molecule has 0 aliphatic heterocycles. The zero-order valence-electron chi connectivity index (χ0n) is 8.87. The average molecular weight is 287 g/mol. The molecule has 2 aromatic rings. The van der Waals surface area contributed by atoms with Crippen LogP contribution in [-0.2, 0) is 0 Å². The maximum Gasteiger partial charge on any atom is 0.208 e. The van der Waals surface area contributed by atoms with Crippen LogP contribution in [-0.4, -0.2) is 12.9 Å². The molecule has 2 rings (SSSR count). The van der Waals surface area contributed by atoms with Gasteiger partial charge < -0.3 is 4.74 Å². The van der Waals surface area contributed by atoms with E-state index in [-0.39, 0.29) is 5.78 Å². The van der Waals surface area contributed by atoms with Crippen LogP contribution in [0.1, 0.15) is 15.2 Å². The topological polar surface area (TPSA) is 26.3 Å². The van der Waals surface area contributed by atoms with Crippen molar-refractivity contribution in [2.24, 2.45) is 0 Å². The molecule has 5 heteroatoms. The summed E-state index contributed by atoms with van der Waals surface area (Å²) in [6, 6.07) is 6.56. The van der Waals surface area contributed by atoms with Gasteiger partial charge in [0.1, 0.15) is 10.6 Å². The van der Waals surface area contributed by atoms with Crippen LogP contribution in [0.4, 0.5) is 0 Å². The van der Waals surface area contributed by atoms with Crippen LogP contribution in [0.3, 0.4) is 0 Å². The third-order valence-electron chi connectivity index (χ3n) is 2.23. The predicted octanol–water partition coefficient (Wildman–Crippen LogP) is 4.29. The monoisotopic (exact) mass is 286 g/mol. The number of rotatable bonds is 3. The van der Waals surface area contributed by atoms with Crippen molar-refractivity contribution in [1.29, 1.82) is 0 Å². The van der Waals surface area contributed by atoms with Gasteiger partial charge >= 0.3 is 0 Å². The smallest absolute Gasteiger partial charge is 0.208 e. The van der Waals surface area contributed by atoms with Crippen molar-refractivity contribution in [2.45, 2.75) is 0 Å². The fourth-order valence-corrected chi connectivity index (χ4v) is 2.61. The molecule has 1 aromatic carbocycles. The zero-order chi connectivity index (χ0) is 12.4. The molecule has 0 atom stereocenters. The van der Waals surface area contributed by atoms with Crippen LogP contribution in [0.15, 0.2) is 29.6 Å². The van der Waals surface area contributed by atoms with Crippen LogP contribution in [0, 0.1) is 0 Å². The Morgan fingerprint density at radius 3 is 2.76 bits per heavy atom. The lowest BCUT2D eigenvalue weighted by molar-refractivity contribution is 0.104. The SMILES string of the molecule is COc1ccsc1C(=O)c1cc(Cl)ccc1Cl. The molecule has 0 saturated heterocycles. The molecule has 0 aliphatic carbocycles. The number of thiophene rings is 1. The van der Waals surface area contributed by atoms with Gasteiger partial charge in [0.15, 0.2) is 0 Å². The number of ketones is 1. The van der Waals surface area contributed by atoms with Crippen molar-refractivity contribution in [3.63, 3.8) is 0 Å². The Kier molecular flexibility index (Phi) is 3.72. The molecule has 0 N–H and O–H groups in total. The summed E-state index contributed by atoms with van der Waals surface area (Å²) in [7, 11) is 1.53. The molecular weight excluding hydrogens is 279 g/mol. The van der Waals surface area contributed by atoms with E-state index in [9.17, 15) is 4.79 Å². The first-order valence-corrected chi connectivity index (χ1v) is 6.38. The van der Waals surface area contributed by atoms with Gasteiger partial charge in [0.2, 0.25) is 5.78 Å². The minimum Gasteiger partial charge on any atom is -0.495 e. The largest absolute Gasteiger partial charge is 0.495 e. The number of hydrogen-bond donors (Lipinski definition) is 0. The first-order chi connectivity index (χ1) is 8.13. The molecule has 1 aromatic heterocycles. The Labute approximate surface area is 113 Å². The van der Waals surface area contributed by atoms with Crippen molar-refractivity contribution in [3.05, 3.63) is 50.1 Å². The lowest BCUT2D eigenvalue weighted by Crippen LogP contribution is -2.01. The van der Waals surface area contributed by atoms with Crippen molar-refractivity contribution in [3.8, 4) is 5.75 Å². The van der Waals surface area contributed by atoms with E-state index in [0.717, 1.165) is 0 Å². The average Bonchev–Trinajstić information content (AvgIpc) is 2.79. The summed E-state index contributed by atoms with van der Waals surface area (Å²) in [6.07, 6.45) is 0. The van der Waals surface area contributed by atoms with E-state index in [1.165, 1.54) is 18.4 Å². The first kappa shape index (κ1) is 12.4. The van der Waals surface area contributed by atoms with Crippen molar-refractivity contribution < 1.29 is 9.53 Å². The molecule has 0 fully saturated rings. The Bertz CT molecular complexity index is 563. The molecular formula is C12H8Cl2O2S. The summed E-state index contributed by atoms with van der Waals surface area (Å²) in [4.78, 5) is 12.8. The summed E-state index contributed by atoms with van der Waals surface area (Å²) in [5.74, 6) is 0.375. The van der Waals surface area contributed by atoms with E-state index in [1.807, 2.05) is 0 Å². The second-order valence-corrected chi connectivity index (χ2v) is 5.03. The number of halogens is 2. The highest BCUT2D eigenvalue weighted by Gasteiger charge is 2.18. The second-order valence-electron chi connectivity index (χ2n) is 3.27. The van der Waals surface area contributed by atoms with Gasteiger partial charge in [-0.1, -0.05) is 23.2 Å². The maximum absolute atomic E-state index is 12.2. The predicted molar refractivity (Wildman–Crippen MR) is 70.8 cm³/mol. The van der Waals surface area contributed by atoms with E-state index in [0.29, 0.717) is 26.2 Å². The summed E-state index contributed by atoms with van der Waals surface area (Å²) in [5, 5.41) is 2.66. The summed E-state index contributed by atoms with van der Waals surface area (Å²) in [5.41, 5.74) is 0.389.